The molecule has 0 radical (unpaired) electrons. The molecule has 0 aliphatic carbocycles. The number of ether oxygens (including phenoxy) is 1. The van der Waals surface area contributed by atoms with Crippen LogP contribution in [0.4, 0.5) is 4.39 Å². The van der Waals surface area contributed by atoms with Gasteiger partial charge < -0.3 is 14.7 Å². The molecule has 0 spiro atoms. The van der Waals surface area contributed by atoms with Crippen molar-refractivity contribution in [2.24, 2.45) is 0 Å². The van der Waals surface area contributed by atoms with Gasteiger partial charge in [-0.1, -0.05) is 0 Å². The first-order chi connectivity index (χ1) is 6.61. The number of carboxylic acids is 1. The number of halogens is 1. The predicted octanol–water partition coefficient (Wildman–Crippen LogP) is 0.520. The van der Waals surface area contributed by atoms with Gasteiger partial charge in [-0.25, -0.2) is 9.18 Å². The van der Waals surface area contributed by atoms with Gasteiger partial charge in [0.2, 0.25) is 6.17 Å². The lowest BCUT2D eigenvalue weighted by Crippen LogP contribution is -2.31. The van der Waals surface area contributed by atoms with Crippen LogP contribution < -0.4 is 0 Å². The van der Waals surface area contributed by atoms with E-state index in [4.69, 9.17) is 9.84 Å². The van der Waals surface area contributed by atoms with Gasteiger partial charge in [0, 0.05) is 6.04 Å². The van der Waals surface area contributed by atoms with Crippen molar-refractivity contribution in [2.75, 3.05) is 26.8 Å². The van der Waals surface area contributed by atoms with Crippen molar-refractivity contribution in [3.8, 4) is 0 Å². The largest absolute Gasteiger partial charge is 0.479 e. The number of nitrogens with zero attached hydrogens (tertiary/aromatic N) is 1. The zero-order chi connectivity index (χ0) is 10.6. The van der Waals surface area contributed by atoms with E-state index in [9.17, 15) is 9.18 Å². The fraction of sp³-hybridized carbons (Fsp3) is 0.889. The van der Waals surface area contributed by atoms with E-state index in [0.717, 1.165) is 19.4 Å². The topological polar surface area (TPSA) is 49.8 Å². The van der Waals surface area contributed by atoms with Gasteiger partial charge in [0.05, 0.1) is 13.2 Å². The van der Waals surface area contributed by atoms with Crippen LogP contribution >= 0.6 is 0 Å². The molecule has 82 valence electrons. The van der Waals surface area contributed by atoms with Crippen molar-refractivity contribution >= 4 is 5.97 Å². The molecule has 1 aliphatic rings. The molecule has 0 saturated carbocycles. The second-order valence-electron chi connectivity index (χ2n) is 3.62. The lowest BCUT2D eigenvalue weighted by molar-refractivity contribution is -0.145. The average molecular weight is 205 g/mol. The van der Waals surface area contributed by atoms with Gasteiger partial charge in [0.1, 0.15) is 0 Å². The van der Waals surface area contributed by atoms with Crippen LogP contribution in [0.3, 0.4) is 0 Å². The van der Waals surface area contributed by atoms with Crippen LogP contribution in [0.1, 0.15) is 12.8 Å². The minimum atomic E-state index is -1.90. The molecule has 1 N–H and O–H groups in total. The molecule has 1 heterocycles. The van der Waals surface area contributed by atoms with E-state index >= 15 is 0 Å². The van der Waals surface area contributed by atoms with Crippen LogP contribution in [0.5, 0.6) is 0 Å². The second kappa shape index (κ2) is 5.26. The number of aliphatic carboxylic acids is 1. The third-order valence-corrected chi connectivity index (χ3v) is 2.51. The Morgan fingerprint density at radius 2 is 2.50 bits per heavy atom. The molecule has 1 fully saturated rings. The summed E-state index contributed by atoms with van der Waals surface area (Å²) >= 11 is 0. The van der Waals surface area contributed by atoms with Crippen LogP contribution in [0.2, 0.25) is 0 Å². The van der Waals surface area contributed by atoms with Crippen molar-refractivity contribution in [1.29, 1.82) is 0 Å². The Labute approximate surface area is 82.6 Å². The Hall–Kier alpha value is -0.680. The van der Waals surface area contributed by atoms with Crippen LogP contribution in [-0.2, 0) is 9.53 Å². The van der Waals surface area contributed by atoms with E-state index in [-0.39, 0.29) is 6.61 Å². The maximum atomic E-state index is 12.6. The molecule has 1 unspecified atom stereocenters. The summed E-state index contributed by atoms with van der Waals surface area (Å²) in [4.78, 5) is 12.3. The van der Waals surface area contributed by atoms with E-state index in [1.807, 2.05) is 7.05 Å². The Balaban J connectivity index is 2.11. The summed E-state index contributed by atoms with van der Waals surface area (Å²) < 4.78 is 17.6. The first-order valence-corrected chi connectivity index (χ1v) is 4.76. The van der Waals surface area contributed by atoms with Crippen LogP contribution in [0.15, 0.2) is 0 Å². The van der Waals surface area contributed by atoms with Gasteiger partial charge in [-0.2, -0.15) is 0 Å². The molecule has 14 heavy (non-hydrogen) atoms. The summed E-state index contributed by atoms with van der Waals surface area (Å²) in [5.74, 6) is -1.45. The molecule has 1 rings (SSSR count). The highest BCUT2D eigenvalue weighted by atomic mass is 19.1. The van der Waals surface area contributed by atoms with Crippen molar-refractivity contribution in [2.45, 2.75) is 25.1 Å². The van der Waals surface area contributed by atoms with Crippen LogP contribution in [-0.4, -0.2) is 55.0 Å². The summed E-state index contributed by atoms with van der Waals surface area (Å²) in [6, 6.07) is 0.316. The van der Waals surface area contributed by atoms with Gasteiger partial charge >= 0.3 is 5.97 Å². The monoisotopic (exact) mass is 205 g/mol. The molecule has 2 atom stereocenters. The standard InChI is InChI=1S/C9H16FNO3/c1-11-4-2-3-7(11)5-14-6-8(10)9(12)13/h7-8H,2-6H2,1H3,(H,12,13)/t7-,8?/m0/s1. The minimum absolute atomic E-state index is 0.316. The highest BCUT2D eigenvalue weighted by Crippen LogP contribution is 2.14. The molecule has 0 amide bonds. The Kier molecular flexibility index (Phi) is 4.28. The van der Waals surface area contributed by atoms with Gasteiger partial charge in [0.15, 0.2) is 0 Å². The SMILES string of the molecule is CN1CCC[C@H]1COCC(F)C(=O)O. The van der Waals surface area contributed by atoms with Gasteiger partial charge in [0.25, 0.3) is 0 Å². The Bertz CT molecular complexity index is 200. The number of hydrogen-bond acceptors (Lipinski definition) is 3. The number of likely N-dealkylation sites (N-methyl/N-ethyl adjacent to an activating group) is 1. The average Bonchev–Trinajstić information content (AvgIpc) is 2.51. The minimum Gasteiger partial charge on any atom is -0.479 e. The molecule has 5 heteroatoms. The van der Waals surface area contributed by atoms with Gasteiger partial charge in [-0.05, 0) is 26.4 Å². The summed E-state index contributed by atoms with van der Waals surface area (Å²) in [6.45, 7) is 1.11. The van der Waals surface area contributed by atoms with Crippen molar-refractivity contribution in [3.63, 3.8) is 0 Å². The maximum Gasteiger partial charge on any atom is 0.340 e. The first-order valence-electron chi connectivity index (χ1n) is 4.76. The molecule has 0 aromatic heterocycles. The lowest BCUT2D eigenvalue weighted by atomic mass is 10.2. The molecular formula is C9H16FNO3. The molecule has 1 aliphatic heterocycles. The fourth-order valence-corrected chi connectivity index (χ4v) is 1.57. The van der Waals surface area contributed by atoms with Gasteiger partial charge in [-0.15, -0.1) is 0 Å². The second-order valence-corrected chi connectivity index (χ2v) is 3.62. The third kappa shape index (κ3) is 3.23. The zero-order valence-electron chi connectivity index (χ0n) is 8.28. The highest BCUT2D eigenvalue weighted by molar-refractivity contribution is 5.72. The molecule has 4 nitrogen and oxygen atoms in total. The Morgan fingerprint density at radius 3 is 3.00 bits per heavy atom. The van der Waals surface area contributed by atoms with E-state index in [2.05, 4.69) is 4.90 Å². The maximum absolute atomic E-state index is 12.6. The number of rotatable bonds is 5. The summed E-state index contributed by atoms with van der Waals surface area (Å²) in [7, 11) is 1.99. The van der Waals surface area contributed by atoms with Crippen molar-refractivity contribution in [3.05, 3.63) is 0 Å². The molecule has 0 aromatic rings. The van der Waals surface area contributed by atoms with Crippen LogP contribution in [0, 0.1) is 0 Å². The van der Waals surface area contributed by atoms with Crippen molar-refractivity contribution in [1.82, 2.24) is 4.90 Å². The summed E-state index contributed by atoms with van der Waals surface area (Å²) in [5, 5.41) is 8.26. The van der Waals surface area contributed by atoms with E-state index < -0.39 is 12.1 Å². The predicted molar refractivity (Wildman–Crippen MR) is 49.0 cm³/mol. The first kappa shape index (κ1) is 11.4. The molecular weight excluding hydrogens is 189 g/mol. The lowest BCUT2D eigenvalue weighted by Gasteiger charge is -2.19. The summed E-state index contributed by atoms with van der Waals surface area (Å²) in [5.41, 5.74) is 0. The number of carbonyl (C=O) groups is 1. The third-order valence-electron chi connectivity index (χ3n) is 2.51. The van der Waals surface area contributed by atoms with Crippen LogP contribution in [0.25, 0.3) is 0 Å². The van der Waals surface area contributed by atoms with E-state index in [1.54, 1.807) is 0 Å². The quantitative estimate of drug-likeness (QED) is 0.711. The van der Waals surface area contributed by atoms with Gasteiger partial charge in [-0.3, -0.25) is 0 Å². The number of alkyl halides is 1. The normalized spacial score (nSPS) is 25.1. The van der Waals surface area contributed by atoms with E-state index in [0.29, 0.717) is 12.6 Å². The van der Waals surface area contributed by atoms with E-state index in [1.165, 1.54) is 0 Å². The smallest absolute Gasteiger partial charge is 0.340 e. The zero-order valence-corrected chi connectivity index (χ0v) is 8.28. The highest BCUT2D eigenvalue weighted by Gasteiger charge is 2.22. The Morgan fingerprint density at radius 1 is 1.79 bits per heavy atom. The van der Waals surface area contributed by atoms with Crippen molar-refractivity contribution < 1.29 is 19.0 Å². The number of carboxylic acid groups (broad SMARTS) is 1. The summed E-state index contributed by atoms with van der Waals surface area (Å²) in [6.07, 6.45) is 0.268. The molecule has 0 aromatic carbocycles. The number of hydrogen-bond donors (Lipinski definition) is 1. The molecule has 1 saturated heterocycles. The fourth-order valence-electron chi connectivity index (χ4n) is 1.57. The number of likely N-dealkylation sites (tertiary alicyclic amines) is 1. The molecule has 0 bridgehead atoms.